The SMILES string of the molecule is CCOP(=O)(CC1CCN(c2ccc(Nc3nc(Nc4ccccc4OC)ncc3C(F)(F)F)c3c(O)n(C)cc23)CC1)OCC. The molecule has 3 N–H and O–H groups in total. The van der Waals surface area contributed by atoms with E-state index in [2.05, 4.69) is 25.5 Å². The third-order valence-electron chi connectivity index (χ3n) is 7.89. The van der Waals surface area contributed by atoms with Crippen LogP contribution in [0.4, 0.5) is 42.0 Å². The first kappa shape index (κ1) is 33.4. The van der Waals surface area contributed by atoms with E-state index in [0.29, 0.717) is 60.9 Å². The lowest BCUT2D eigenvalue weighted by molar-refractivity contribution is -0.137. The number of aromatic hydroxyl groups is 1. The number of fused-ring (bicyclic) bond motifs is 1. The van der Waals surface area contributed by atoms with Gasteiger partial charge in [0, 0.05) is 43.6 Å². The van der Waals surface area contributed by atoms with Gasteiger partial charge < -0.3 is 39.0 Å². The maximum absolute atomic E-state index is 14.1. The van der Waals surface area contributed by atoms with Crippen LogP contribution in [-0.2, 0) is 26.8 Å². The Hall–Kier alpha value is -4.00. The van der Waals surface area contributed by atoms with Crippen molar-refractivity contribution in [1.82, 2.24) is 14.5 Å². The smallest absolute Gasteiger partial charge is 0.421 e. The summed E-state index contributed by atoms with van der Waals surface area (Å²) in [5.74, 6) is -0.0532. The summed E-state index contributed by atoms with van der Waals surface area (Å²) in [5, 5.41) is 17.8. The number of anilines is 5. The summed E-state index contributed by atoms with van der Waals surface area (Å²) in [6.07, 6.45) is -0.438. The average Bonchev–Trinajstić information content (AvgIpc) is 3.31. The van der Waals surface area contributed by atoms with Gasteiger partial charge in [0.25, 0.3) is 0 Å². The first-order valence-electron chi connectivity index (χ1n) is 15.0. The number of ether oxygens (including phenoxy) is 1. The Morgan fingerprint density at radius 3 is 2.39 bits per heavy atom. The number of halogens is 3. The second kappa shape index (κ2) is 13.8. The summed E-state index contributed by atoms with van der Waals surface area (Å²) >= 11 is 0. The van der Waals surface area contributed by atoms with Crippen LogP contribution in [-0.4, -0.2) is 59.2 Å². The molecule has 46 heavy (non-hydrogen) atoms. The van der Waals surface area contributed by atoms with Crippen molar-refractivity contribution in [2.75, 3.05) is 55.1 Å². The molecule has 0 radical (unpaired) electrons. The Morgan fingerprint density at radius 2 is 1.74 bits per heavy atom. The van der Waals surface area contributed by atoms with E-state index in [1.807, 2.05) is 6.07 Å². The van der Waals surface area contributed by atoms with Gasteiger partial charge in [0.2, 0.25) is 11.8 Å². The van der Waals surface area contributed by atoms with Crippen LogP contribution in [0.2, 0.25) is 0 Å². The van der Waals surface area contributed by atoms with Crippen molar-refractivity contribution < 1.29 is 36.6 Å². The largest absolute Gasteiger partial charge is 0.495 e. The number of nitrogens with one attached hydrogen (secondary N) is 2. The zero-order valence-corrected chi connectivity index (χ0v) is 27.0. The highest BCUT2D eigenvalue weighted by molar-refractivity contribution is 7.53. The number of para-hydroxylation sites is 2. The predicted octanol–water partition coefficient (Wildman–Crippen LogP) is 7.67. The van der Waals surface area contributed by atoms with Crippen LogP contribution in [0.3, 0.4) is 0 Å². The van der Waals surface area contributed by atoms with Crippen molar-refractivity contribution in [2.24, 2.45) is 13.0 Å². The standard InChI is InChI=1S/C31H38F3N6O5P/c1-5-44-46(42,45-6-2)19-20-13-15-40(16-14-20)25-12-11-24(27-21(25)18-39(3)29(27)41)36-28-22(31(32,33)34)17-35-30(38-28)37-23-9-7-8-10-26(23)43-4/h7-12,17-18,20,41H,5-6,13-16,19H2,1-4H3,(H2,35,36,37,38). The maximum Gasteiger partial charge on any atom is 0.421 e. The molecule has 11 nitrogen and oxygen atoms in total. The van der Waals surface area contributed by atoms with Crippen molar-refractivity contribution in [3.63, 3.8) is 0 Å². The molecule has 1 aliphatic heterocycles. The van der Waals surface area contributed by atoms with Crippen molar-refractivity contribution in [1.29, 1.82) is 0 Å². The highest BCUT2D eigenvalue weighted by atomic mass is 31.2. The van der Waals surface area contributed by atoms with Gasteiger partial charge in [0.05, 0.1) is 43.2 Å². The number of alkyl halides is 3. The molecular weight excluding hydrogens is 624 g/mol. The van der Waals surface area contributed by atoms with E-state index in [4.69, 9.17) is 13.8 Å². The highest BCUT2D eigenvalue weighted by Crippen LogP contribution is 2.51. The Kier molecular flexibility index (Phi) is 9.99. The van der Waals surface area contributed by atoms with Gasteiger partial charge in [0.1, 0.15) is 17.1 Å². The third kappa shape index (κ3) is 7.19. The number of aryl methyl sites for hydroxylation is 1. The first-order chi connectivity index (χ1) is 22.0. The van der Waals surface area contributed by atoms with Gasteiger partial charge in [-0.1, -0.05) is 12.1 Å². The van der Waals surface area contributed by atoms with Gasteiger partial charge >= 0.3 is 13.8 Å². The van der Waals surface area contributed by atoms with E-state index >= 15 is 0 Å². The summed E-state index contributed by atoms with van der Waals surface area (Å²) in [4.78, 5) is 10.2. The number of aromatic nitrogens is 3. The molecule has 1 saturated heterocycles. The van der Waals surface area contributed by atoms with Crippen molar-refractivity contribution >= 4 is 47.2 Å². The minimum atomic E-state index is -4.75. The highest BCUT2D eigenvalue weighted by Gasteiger charge is 2.36. The zero-order valence-electron chi connectivity index (χ0n) is 26.1. The number of hydrogen-bond acceptors (Lipinski definition) is 10. The van der Waals surface area contributed by atoms with Crippen LogP contribution in [0.5, 0.6) is 11.6 Å². The molecule has 0 atom stereocenters. The van der Waals surface area contributed by atoms with E-state index in [1.165, 1.54) is 11.7 Å². The molecule has 2 aromatic heterocycles. The van der Waals surface area contributed by atoms with E-state index in [1.54, 1.807) is 57.4 Å². The summed E-state index contributed by atoms with van der Waals surface area (Å²) in [5.41, 5.74) is 0.480. The van der Waals surface area contributed by atoms with Crippen LogP contribution in [0.25, 0.3) is 10.8 Å². The molecule has 3 heterocycles. The summed E-state index contributed by atoms with van der Waals surface area (Å²) in [6, 6.07) is 10.3. The molecule has 248 valence electrons. The fourth-order valence-electron chi connectivity index (χ4n) is 5.74. The number of hydrogen-bond donors (Lipinski definition) is 3. The number of piperidine rings is 1. The van der Waals surface area contributed by atoms with Crippen LogP contribution in [0, 0.1) is 5.92 Å². The quantitative estimate of drug-likeness (QED) is 0.130. The molecule has 15 heteroatoms. The molecule has 0 spiro atoms. The van der Waals surface area contributed by atoms with Crippen molar-refractivity contribution in [3.05, 3.63) is 54.4 Å². The van der Waals surface area contributed by atoms with Crippen molar-refractivity contribution in [3.8, 4) is 11.6 Å². The molecule has 4 aromatic rings. The third-order valence-corrected chi connectivity index (χ3v) is 10.2. The van der Waals surface area contributed by atoms with Crippen LogP contribution in [0.1, 0.15) is 32.3 Å². The monoisotopic (exact) mass is 662 g/mol. The molecule has 0 unspecified atom stereocenters. The minimum absolute atomic E-state index is 0.0776. The Morgan fingerprint density at radius 1 is 1.04 bits per heavy atom. The molecule has 0 bridgehead atoms. The molecule has 2 aromatic carbocycles. The van der Waals surface area contributed by atoms with Gasteiger partial charge in [-0.05, 0) is 56.9 Å². The second-order valence-electron chi connectivity index (χ2n) is 10.9. The summed E-state index contributed by atoms with van der Waals surface area (Å²) < 4.78 is 73.2. The lowest BCUT2D eigenvalue weighted by atomic mass is 9.98. The van der Waals surface area contributed by atoms with Crippen LogP contribution >= 0.6 is 7.60 Å². The first-order valence-corrected chi connectivity index (χ1v) is 16.7. The molecule has 0 aliphatic carbocycles. The van der Waals surface area contributed by atoms with E-state index in [9.17, 15) is 22.8 Å². The molecule has 1 fully saturated rings. The van der Waals surface area contributed by atoms with Gasteiger partial charge in [0.15, 0.2) is 0 Å². The lowest BCUT2D eigenvalue weighted by Gasteiger charge is -2.35. The number of benzene rings is 2. The fourth-order valence-corrected chi connectivity index (χ4v) is 7.81. The van der Waals surface area contributed by atoms with Crippen LogP contribution < -0.4 is 20.3 Å². The maximum atomic E-state index is 14.1. The summed E-state index contributed by atoms with van der Waals surface area (Å²) in [7, 11) is -0.0284. The van der Waals surface area contributed by atoms with E-state index in [-0.39, 0.29) is 23.4 Å². The van der Waals surface area contributed by atoms with E-state index in [0.717, 1.165) is 18.5 Å². The molecule has 0 saturated carbocycles. The van der Waals surface area contributed by atoms with E-state index < -0.39 is 25.2 Å². The van der Waals surface area contributed by atoms with Crippen LogP contribution in [0.15, 0.2) is 48.8 Å². The number of nitrogens with zero attached hydrogens (tertiary/aromatic N) is 4. The minimum Gasteiger partial charge on any atom is -0.495 e. The molecule has 0 amide bonds. The second-order valence-corrected chi connectivity index (χ2v) is 13.1. The Bertz CT molecular complexity index is 1720. The van der Waals surface area contributed by atoms with Gasteiger partial charge in [-0.25, -0.2) is 4.98 Å². The summed E-state index contributed by atoms with van der Waals surface area (Å²) in [6.45, 7) is 5.52. The van der Waals surface area contributed by atoms with Gasteiger partial charge in [-0.2, -0.15) is 18.2 Å². The molecule has 1 aliphatic rings. The predicted molar refractivity (Wildman–Crippen MR) is 172 cm³/mol. The molecular formula is C31H38F3N6O5P. The lowest BCUT2D eigenvalue weighted by Crippen LogP contribution is -2.35. The Balaban J connectivity index is 1.43. The Labute approximate surface area is 265 Å². The topological polar surface area (TPSA) is 123 Å². The van der Waals surface area contributed by atoms with Crippen molar-refractivity contribution in [2.45, 2.75) is 32.9 Å². The fraction of sp³-hybridized carbons (Fsp3) is 0.419. The molecule has 5 rings (SSSR count). The average molecular weight is 663 g/mol. The normalized spacial score (nSPS) is 14.5. The number of rotatable bonds is 12. The van der Waals surface area contributed by atoms with Gasteiger partial charge in [-0.3, -0.25) is 4.57 Å². The number of methoxy groups -OCH3 is 1. The zero-order chi connectivity index (χ0) is 33.1. The van der Waals surface area contributed by atoms with Gasteiger partial charge in [-0.15, -0.1) is 0 Å².